The van der Waals surface area contributed by atoms with Gasteiger partial charge in [0.25, 0.3) is 0 Å². The van der Waals surface area contributed by atoms with Gasteiger partial charge in [-0.3, -0.25) is 0 Å². The second kappa shape index (κ2) is 5.38. The first-order valence-corrected chi connectivity index (χ1v) is 6.47. The van der Waals surface area contributed by atoms with E-state index in [4.69, 9.17) is 5.73 Å². The molecule has 16 heavy (non-hydrogen) atoms. The molecule has 0 aromatic carbocycles. The van der Waals surface area contributed by atoms with Crippen LogP contribution < -0.4 is 11.1 Å². The number of hydrogen-bond acceptors (Lipinski definition) is 5. The van der Waals surface area contributed by atoms with E-state index < -0.39 is 0 Å². The largest absolute Gasteiger partial charge is 0.353 e. The van der Waals surface area contributed by atoms with Gasteiger partial charge in [-0.1, -0.05) is 0 Å². The highest BCUT2D eigenvalue weighted by molar-refractivity contribution is 9.10. The van der Waals surface area contributed by atoms with E-state index >= 15 is 0 Å². The summed E-state index contributed by atoms with van der Waals surface area (Å²) in [7, 11) is 0. The molecule has 0 aliphatic heterocycles. The van der Waals surface area contributed by atoms with Crippen LogP contribution in [0.3, 0.4) is 0 Å². The van der Waals surface area contributed by atoms with Gasteiger partial charge in [0.2, 0.25) is 5.95 Å². The fourth-order valence-corrected chi connectivity index (χ4v) is 2.60. The minimum atomic E-state index is 0.572. The van der Waals surface area contributed by atoms with Gasteiger partial charge in [0.15, 0.2) is 0 Å². The topological polar surface area (TPSA) is 63.8 Å². The molecule has 0 radical (unpaired) electrons. The number of aromatic nitrogens is 2. The van der Waals surface area contributed by atoms with Crippen molar-refractivity contribution in [2.24, 2.45) is 5.73 Å². The van der Waals surface area contributed by atoms with Crippen LogP contribution in [-0.4, -0.2) is 23.1 Å². The van der Waals surface area contributed by atoms with Gasteiger partial charge >= 0.3 is 0 Å². The van der Waals surface area contributed by atoms with Gasteiger partial charge in [-0.05, 0) is 22.0 Å². The van der Waals surface area contributed by atoms with Crippen molar-refractivity contribution in [2.45, 2.75) is 0 Å². The smallest absolute Gasteiger partial charge is 0.222 e. The molecule has 6 heteroatoms. The van der Waals surface area contributed by atoms with Crippen molar-refractivity contribution in [3.05, 3.63) is 28.3 Å². The number of halogens is 1. The zero-order chi connectivity index (χ0) is 11.4. The van der Waals surface area contributed by atoms with Crippen LogP contribution in [0.2, 0.25) is 0 Å². The van der Waals surface area contributed by atoms with Crippen LogP contribution >= 0.6 is 27.3 Å². The van der Waals surface area contributed by atoms with Crippen molar-refractivity contribution in [1.82, 2.24) is 9.97 Å². The lowest BCUT2D eigenvalue weighted by molar-refractivity contribution is 0.990. The van der Waals surface area contributed by atoms with Crippen LogP contribution in [0.4, 0.5) is 5.95 Å². The number of nitrogens with one attached hydrogen (secondary N) is 1. The van der Waals surface area contributed by atoms with Crippen molar-refractivity contribution < 1.29 is 0 Å². The van der Waals surface area contributed by atoms with Crippen molar-refractivity contribution in [1.29, 1.82) is 0 Å². The first-order chi connectivity index (χ1) is 7.79. The Morgan fingerprint density at radius 1 is 1.38 bits per heavy atom. The van der Waals surface area contributed by atoms with E-state index in [1.165, 1.54) is 0 Å². The van der Waals surface area contributed by atoms with Crippen molar-refractivity contribution in [3.63, 3.8) is 0 Å². The van der Waals surface area contributed by atoms with E-state index in [-0.39, 0.29) is 0 Å². The summed E-state index contributed by atoms with van der Waals surface area (Å²) >= 11 is 5.08. The van der Waals surface area contributed by atoms with E-state index in [1.807, 2.05) is 17.8 Å². The SMILES string of the molecule is NCCNc1ncc(-c2cc(Br)cs2)cn1. The summed E-state index contributed by atoms with van der Waals surface area (Å²) in [6.45, 7) is 1.26. The Morgan fingerprint density at radius 2 is 2.12 bits per heavy atom. The van der Waals surface area contributed by atoms with Crippen LogP contribution in [0, 0.1) is 0 Å². The number of rotatable bonds is 4. The third-order valence-electron chi connectivity index (χ3n) is 1.93. The molecule has 2 aromatic heterocycles. The third-order valence-corrected chi connectivity index (χ3v) is 3.67. The minimum Gasteiger partial charge on any atom is -0.353 e. The molecule has 2 heterocycles. The maximum absolute atomic E-state index is 5.38. The Balaban J connectivity index is 2.13. The highest BCUT2D eigenvalue weighted by atomic mass is 79.9. The molecule has 0 aliphatic rings. The summed E-state index contributed by atoms with van der Waals surface area (Å²) in [5.74, 6) is 0.616. The van der Waals surface area contributed by atoms with E-state index in [9.17, 15) is 0 Å². The van der Waals surface area contributed by atoms with Crippen LogP contribution in [0.15, 0.2) is 28.3 Å². The first-order valence-electron chi connectivity index (χ1n) is 4.80. The average molecular weight is 299 g/mol. The number of anilines is 1. The summed E-state index contributed by atoms with van der Waals surface area (Å²) < 4.78 is 1.08. The molecular weight excluding hydrogens is 288 g/mol. The number of hydrogen-bond donors (Lipinski definition) is 2. The highest BCUT2D eigenvalue weighted by Gasteiger charge is 2.02. The predicted octanol–water partition coefficient (Wildman–Crippen LogP) is 2.34. The lowest BCUT2D eigenvalue weighted by Gasteiger charge is -2.02. The molecule has 2 aromatic rings. The van der Waals surface area contributed by atoms with Crippen molar-refractivity contribution in [2.75, 3.05) is 18.4 Å². The molecule has 0 atom stereocenters. The number of nitrogens with two attached hydrogens (primary N) is 1. The second-order valence-electron chi connectivity index (χ2n) is 3.14. The summed E-state index contributed by atoms with van der Waals surface area (Å²) in [5, 5.41) is 5.06. The Labute approximate surface area is 106 Å². The Morgan fingerprint density at radius 3 is 2.69 bits per heavy atom. The van der Waals surface area contributed by atoms with Crippen molar-refractivity contribution in [3.8, 4) is 10.4 Å². The highest BCUT2D eigenvalue weighted by Crippen LogP contribution is 2.28. The zero-order valence-electron chi connectivity index (χ0n) is 8.48. The molecule has 84 valence electrons. The van der Waals surface area contributed by atoms with E-state index in [1.54, 1.807) is 11.3 Å². The molecular formula is C10H11BrN4S. The summed E-state index contributed by atoms with van der Waals surface area (Å²) in [6.07, 6.45) is 3.62. The molecule has 0 spiro atoms. The fourth-order valence-electron chi connectivity index (χ4n) is 1.19. The number of nitrogens with zero attached hydrogens (tertiary/aromatic N) is 2. The Hall–Kier alpha value is -0.980. The normalized spacial score (nSPS) is 10.4. The third kappa shape index (κ3) is 2.78. The van der Waals surface area contributed by atoms with Crippen LogP contribution in [-0.2, 0) is 0 Å². The molecule has 0 aliphatic carbocycles. The van der Waals surface area contributed by atoms with Gasteiger partial charge < -0.3 is 11.1 Å². The van der Waals surface area contributed by atoms with Crippen molar-refractivity contribution >= 4 is 33.2 Å². The average Bonchev–Trinajstić information content (AvgIpc) is 2.74. The van der Waals surface area contributed by atoms with E-state index in [0.717, 1.165) is 14.9 Å². The Kier molecular flexibility index (Phi) is 3.87. The van der Waals surface area contributed by atoms with Crippen LogP contribution in [0.5, 0.6) is 0 Å². The lowest BCUT2D eigenvalue weighted by Crippen LogP contribution is -2.14. The molecule has 0 bridgehead atoms. The molecule has 2 rings (SSSR count). The quantitative estimate of drug-likeness (QED) is 0.909. The molecule has 0 amide bonds. The standard InChI is InChI=1S/C10H11BrN4S/c11-8-3-9(16-6-8)7-4-14-10(15-5-7)13-2-1-12/h3-6H,1-2,12H2,(H,13,14,15). The monoisotopic (exact) mass is 298 g/mol. The minimum absolute atomic E-state index is 0.572. The van der Waals surface area contributed by atoms with Gasteiger partial charge in [0.05, 0.1) is 0 Å². The second-order valence-corrected chi connectivity index (χ2v) is 4.97. The van der Waals surface area contributed by atoms with E-state index in [0.29, 0.717) is 19.0 Å². The van der Waals surface area contributed by atoms with Gasteiger partial charge in [-0.15, -0.1) is 11.3 Å². The maximum Gasteiger partial charge on any atom is 0.222 e. The predicted molar refractivity (Wildman–Crippen MR) is 70.6 cm³/mol. The van der Waals surface area contributed by atoms with Gasteiger partial charge in [0.1, 0.15) is 0 Å². The van der Waals surface area contributed by atoms with Crippen LogP contribution in [0.25, 0.3) is 10.4 Å². The molecule has 3 N–H and O–H groups in total. The van der Waals surface area contributed by atoms with Gasteiger partial charge in [-0.25, -0.2) is 9.97 Å². The fraction of sp³-hybridized carbons (Fsp3) is 0.200. The zero-order valence-corrected chi connectivity index (χ0v) is 10.9. The summed E-state index contributed by atoms with van der Waals surface area (Å²) in [6, 6.07) is 2.05. The summed E-state index contributed by atoms with van der Waals surface area (Å²) in [5.41, 5.74) is 6.40. The Bertz CT molecular complexity index is 454. The maximum atomic E-state index is 5.38. The molecule has 0 saturated heterocycles. The molecule has 0 fully saturated rings. The first kappa shape index (κ1) is 11.5. The molecule has 0 saturated carbocycles. The van der Waals surface area contributed by atoms with Gasteiger partial charge in [-0.2, -0.15) is 0 Å². The van der Waals surface area contributed by atoms with Gasteiger partial charge in [0, 0.05) is 45.8 Å². The lowest BCUT2D eigenvalue weighted by atomic mass is 10.3. The molecule has 0 unspecified atom stereocenters. The summed E-state index contributed by atoms with van der Waals surface area (Å²) in [4.78, 5) is 9.58. The van der Waals surface area contributed by atoms with E-state index in [2.05, 4.69) is 37.3 Å². The molecule has 4 nitrogen and oxygen atoms in total. The van der Waals surface area contributed by atoms with Crippen LogP contribution in [0.1, 0.15) is 0 Å². The number of thiophene rings is 1.